The van der Waals surface area contributed by atoms with Crippen LogP contribution in [0, 0.1) is 12.0 Å². The van der Waals surface area contributed by atoms with Crippen LogP contribution in [0.15, 0.2) is 23.3 Å². The third kappa shape index (κ3) is 2.14. The van der Waals surface area contributed by atoms with E-state index in [4.69, 9.17) is 6.57 Å². The van der Waals surface area contributed by atoms with Gasteiger partial charge < -0.3 is 4.85 Å². The van der Waals surface area contributed by atoms with E-state index < -0.39 is 0 Å². The highest BCUT2D eigenvalue weighted by Gasteiger charge is 2.29. The van der Waals surface area contributed by atoms with Gasteiger partial charge in [-0.15, -0.1) is 4.68 Å². The van der Waals surface area contributed by atoms with Crippen molar-refractivity contribution in [1.82, 2.24) is 9.78 Å². The van der Waals surface area contributed by atoms with Gasteiger partial charge in [0.2, 0.25) is 0 Å². The second kappa shape index (κ2) is 4.17. The molecule has 0 spiro atoms. The third-order valence-corrected chi connectivity index (χ3v) is 2.89. The van der Waals surface area contributed by atoms with Crippen molar-refractivity contribution in [2.45, 2.75) is 33.6 Å². The summed E-state index contributed by atoms with van der Waals surface area (Å²) in [6.07, 6.45) is 5.99. The second-order valence-electron chi connectivity index (χ2n) is 4.76. The van der Waals surface area contributed by atoms with Gasteiger partial charge in [-0.2, -0.15) is 0 Å². The van der Waals surface area contributed by atoms with Crippen molar-refractivity contribution in [2.24, 2.45) is 10.4 Å². The lowest BCUT2D eigenvalue weighted by molar-refractivity contribution is 0.666. The van der Waals surface area contributed by atoms with Gasteiger partial charge in [0.05, 0.1) is 0 Å². The highest BCUT2D eigenvalue weighted by atomic mass is 15.3. The molecule has 0 radical (unpaired) electrons. The Morgan fingerprint density at radius 3 is 2.82 bits per heavy atom. The summed E-state index contributed by atoms with van der Waals surface area (Å²) in [7, 11) is 0. The summed E-state index contributed by atoms with van der Waals surface area (Å²) in [5.41, 5.74) is 1.19. The number of nitrogens with zero attached hydrogens (tertiary/aromatic N) is 4. The molecule has 17 heavy (non-hydrogen) atoms. The summed E-state index contributed by atoms with van der Waals surface area (Å²) >= 11 is 0. The van der Waals surface area contributed by atoms with Crippen LogP contribution in [0.3, 0.4) is 0 Å². The first-order valence-corrected chi connectivity index (χ1v) is 5.81. The lowest BCUT2D eigenvalue weighted by Crippen LogP contribution is -2.18. The first-order valence-electron chi connectivity index (χ1n) is 5.81. The Bertz CT molecular complexity index is 526. The van der Waals surface area contributed by atoms with Gasteiger partial charge in [-0.25, -0.2) is 4.99 Å². The predicted molar refractivity (Wildman–Crippen MR) is 68.9 cm³/mol. The molecule has 0 unspecified atom stereocenters. The lowest BCUT2D eigenvalue weighted by atomic mass is 9.86. The molecule has 0 saturated carbocycles. The first kappa shape index (κ1) is 11.6. The zero-order chi connectivity index (χ0) is 12.5. The molecule has 4 nitrogen and oxygen atoms in total. The Labute approximate surface area is 101 Å². The van der Waals surface area contributed by atoms with Crippen molar-refractivity contribution in [3.63, 3.8) is 0 Å². The van der Waals surface area contributed by atoms with Gasteiger partial charge in [-0.1, -0.05) is 33.8 Å². The number of rotatable bonds is 3. The van der Waals surface area contributed by atoms with Crippen LogP contribution in [0.5, 0.6) is 0 Å². The second-order valence-corrected chi connectivity index (χ2v) is 4.76. The quantitative estimate of drug-likeness (QED) is 0.729. The van der Waals surface area contributed by atoms with E-state index >= 15 is 0 Å². The van der Waals surface area contributed by atoms with Gasteiger partial charge in [0.15, 0.2) is 5.82 Å². The van der Waals surface area contributed by atoms with E-state index in [1.54, 1.807) is 16.9 Å². The normalized spacial score (nSPS) is 17.5. The van der Waals surface area contributed by atoms with Gasteiger partial charge in [0.1, 0.15) is 0 Å². The SMILES string of the molecule is [C-]#[N+]c1ccn(C2=CC(C)(C)C(CCC)=N2)n1. The van der Waals surface area contributed by atoms with Crippen molar-refractivity contribution in [3.8, 4) is 0 Å². The lowest BCUT2D eigenvalue weighted by Gasteiger charge is -2.17. The molecule has 0 amide bonds. The van der Waals surface area contributed by atoms with Crippen molar-refractivity contribution < 1.29 is 0 Å². The first-order chi connectivity index (χ1) is 8.06. The molecule has 0 aromatic carbocycles. The molecular formula is C13H16N4. The molecule has 2 heterocycles. The van der Waals surface area contributed by atoms with Gasteiger partial charge in [0.25, 0.3) is 5.82 Å². The van der Waals surface area contributed by atoms with Crippen LogP contribution in [-0.4, -0.2) is 15.5 Å². The van der Waals surface area contributed by atoms with Crippen molar-refractivity contribution >= 4 is 17.4 Å². The van der Waals surface area contributed by atoms with Crippen LogP contribution in [0.4, 0.5) is 5.82 Å². The van der Waals surface area contributed by atoms with Gasteiger partial charge >= 0.3 is 0 Å². The Hall–Kier alpha value is -1.89. The zero-order valence-electron chi connectivity index (χ0n) is 10.4. The van der Waals surface area contributed by atoms with Gasteiger partial charge in [-0.05, 0) is 23.7 Å². The summed E-state index contributed by atoms with van der Waals surface area (Å²) in [4.78, 5) is 7.92. The largest absolute Gasteiger partial charge is 0.359 e. The van der Waals surface area contributed by atoms with Crippen molar-refractivity contribution in [3.05, 3.63) is 29.8 Å². The molecule has 1 aromatic rings. The van der Waals surface area contributed by atoms with Crippen LogP contribution in [0.1, 0.15) is 33.6 Å². The molecule has 2 rings (SSSR count). The van der Waals surface area contributed by atoms with E-state index in [9.17, 15) is 0 Å². The van der Waals surface area contributed by atoms with Crippen LogP contribution in [0.2, 0.25) is 0 Å². The average Bonchev–Trinajstić information content (AvgIpc) is 2.84. The highest BCUT2D eigenvalue weighted by Crippen LogP contribution is 2.33. The molecule has 1 aliphatic rings. The molecule has 0 atom stereocenters. The smallest absolute Gasteiger partial charge is 0.295 e. The topological polar surface area (TPSA) is 34.5 Å². The Morgan fingerprint density at radius 1 is 1.47 bits per heavy atom. The van der Waals surface area contributed by atoms with E-state index in [1.807, 2.05) is 0 Å². The number of aromatic nitrogens is 2. The highest BCUT2D eigenvalue weighted by molar-refractivity contribution is 5.98. The average molecular weight is 228 g/mol. The predicted octanol–water partition coefficient (Wildman–Crippen LogP) is 3.51. The van der Waals surface area contributed by atoms with E-state index in [1.165, 1.54) is 5.71 Å². The fourth-order valence-electron chi connectivity index (χ4n) is 1.95. The fraction of sp³-hybridized carbons (Fsp3) is 0.462. The van der Waals surface area contributed by atoms with Crippen LogP contribution in [-0.2, 0) is 0 Å². The molecule has 0 fully saturated rings. The van der Waals surface area contributed by atoms with Crippen molar-refractivity contribution in [2.75, 3.05) is 0 Å². The maximum atomic E-state index is 6.91. The molecule has 1 aromatic heterocycles. The molecule has 0 bridgehead atoms. The molecule has 0 aliphatic carbocycles. The molecular weight excluding hydrogens is 212 g/mol. The molecule has 88 valence electrons. The van der Waals surface area contributed by atoms with Crippen molar-refractivity contribution in [1.29, 1.82) is 0 Å². The molecule has 4 heteroatoms. The summed E-state index contributed by atoms with van der Waals surface area (Å²) in [6.45, 7) is 13.4. The molecule has 0 saturated heterocycles. The number of hydrogen-bond donors (Lipinski definition) is 0. The standard InChI is InChI=1S/C13H16N4/c1-5-6-10-13(2,3)9-12(15-10)17-8-7-11(14-4)16-17/h7-9H,5-6H2,1-3H3. The number of aliphatic imine (C=N–C) groups is 1. The summed E-state index contributed by atoms with van der Waals surface area (Å²) in [6, 6.07) is 1.70. The fourth-order valence-corrected chi connectivity index (χ4v) is 1.95. The maximum absolute atomic E-state index is 6.91. The third-order valence-electron chi connectivity index (χ3n) is 2.89. The van der Waals surface area contributed by atoms with Gasteiger partial charge in [0, 0.05) is 17.3 Å². The Balaban J connectivity index is 2.32. The van der Waals surface area contributed by atoms with Crippen LogP contribution < -0.4 is 0 Å². The van der Waals surface area contributed by atoms with E-state index in [0.717, 1.165) is 18.7 Å². The summed E-state index contributed by atoms with van der Waals surface area (Å²) < 4.78 is 1.68. The van der Waals surface area contributed by atoms with Crippen LogP contribution in [0.25, 0.3) is 10.7 Å². The zero-order valence-corrected chi connectivity index (χ0v) is 10.4. The van der Waals surface area contributed by atoms with Gasteiger partial charge in [-0.3, -0.25) is 0 Å². The monoisotopic (exact) mass is 228 g/mol. The number of hydrogen-bond acceptors (Lipinski definition) is 2. The Morgan fingerprint density at radius 2 is 2.24 bits per heavy atom. The summed E-state index contributed by atoms with van der Waals surface area (Å²) in [5, 5.41) is 4.16. The maximum Gasteiger partial charge on any atom is 0.295 e. The van der Waals surface area contributed by atoms with E-state index in [2.05, 4.69) is 41.8 Å². The minimum absolute atomic E-state index is 0.00440. The van der Waals surface area contributed by atoms with Crippen LogP contribution >= 0.6 is 0 Å². The molecule has 0 N–H and O–H groups in total. The summed E-state index contributed by atoms with van der Waals surface area (Å²) in [5.74, 6) is 1.23. The minimum atomic E-state index is -0.00440. The number of allylic oxidation sites excluding steroid dienone is 1. The van der Waals surface area contributed by atoms with E-state index in [-0.39, 0.29) is 5.41 Å². The Kier molecular flexibility index (Phi) is 2.84. The molecule has 1 aliphatic heterocycles. The van der Waals surface area contributed by atoms with E-state index in [0.29, 0.717) is 5.82 Å². The minimum Gasteiger partial charge on any atom is -0.359 e.